The average Bonchev–Trinajstić information content (AvgIpc) is 3.12. The number of aromatic nitrogens is 1. The second kappa shape index (κ2) is 14.1. The van der Waals surface area contributed by atoms with Crippen LogP contribution in [0.15, 0.2) is 120 Å². The maximum absolute atomic E-state index is 14.2. The van der Waals surface area contributed by atoms with Gasteiger partial charge in [0.25, 0.3) is 0 Å². The number of rotatable bonds is 10. The van der Waals surface area contributed by atoms with Crippen molar-refractivity contribution in [3.63, 3.8) is 0 Å². The number of hydrogen-bond acceptors (Lipinski definition) is 6. The Kier molecular flexibility index (Phi) is 9.60. The summed E-state index contributed by atoms with van der Waals surface area (Å²) in [5.41, 5.74) is 4.34. The lowest BCUT2D eigenvalue weighted by Crippen LogP contribution is -2.61. The van der Waals surface area contributed by atoms with Crippen molar-refractivity contribution in [2.45, 2.75) is 23.8 Å². The largest absolute Gasteiger partial charge is 0.497 e. The zero-order chi connectivity index (χ0) is 32.8. The van der Waals surface area contributed by atoms with Crippen LogP contribution in [-0.2, 0) is 32.5 Å². The molecule has 0 aliphatic carbocycles. The molecule has 2 heterocycles. The summed E-state index contributed by atoms with van der Waals surface area (Å²) in [6, 6.07) is 32.7. The van der Waals surface area contributed by atoms with Gasteiger partial charge in [0.1, 0.15) is 16.7 Å². The molecule has 1 aliphatic heterocycles. The fraction of sp³-hybridized carbons (Fsp3) is 0.216. The van der Waals surface area contributed by atoms with E-state index in [0.717, 1.165) is 22.3 Å². The molecule has 0 bridgehead atoms. The molecule has 0 radical (unpaired) electrons. The van der Waals surface area contributed by atoms with Gasteiger partial charge in [0, 0.05) is 37.8 Å². The molecule has 5 aromatic rings. The SMILES string of the molecule is COc1ccc(CC(=O)N2CCN(S(=O)(=O)c3cccc4cccnc34)C(C(=O)NCCc3ccccc3-c3ccccc3)C2)cc1. The lowest BCUT2D eigenvalue weighted by molar-refractivity contribution is -0.135. The Morgan fingerprint density at radius 3 is 2.40 bits per heavy atom. The first-order valence-electron chi connectivity index (χ1n) is 15.5. The molecule has 6 rings (SSSR count). The van der Waals surface area contributed by atoms with Gasteiger partial charge >= 0.3 is 0 Å². The van der Waals surface area contributed by atoms with Gasteiger partial charge < -0.3 is 15.0 Å². The molecule has 1 saturated heterocycles. The van der Waals surface area contributed by atoms with Gasteiger partial charge in [-0.25, -0.2) is 8.42 Å². The summed E-state index contributed by atoms with van der Waals surface area (Å²) in [5.74, 6) is 0.0422. The number of nitrogens with zero attached hydrogens (tertiary/aromatic N) is 3. The van der Waals surface area contributed by atoms with Gasteiger partial charge in [0.2, 0.25) is 21.8 Å². The molecule has 1 fully saturated rings. The maximum atomic E-state index is 14.2. The number of hydrogen-bond donors (Lipinski definition) is 1. The third-order valence-electron chi connectivity index (χ3n) is 8.48. The quantitative estimate of drug-likeness (QED) is 0.235. The van der Waals surface area contributed by atoms with Crippen LogP contribution in [0.5, 0.6) is 5.75 Å². The third-order valence-corrected chi connectivity index (χ3v) is 10.4. The molecule has 2 amide bonds. The first-order chi connectivity index (χ1) is 22.8. The van der Waals surface area contributed by atoms with Gasteiger partial charge in [-0.15, -0.1) is 0 Å². The summed E-state index contributed by atoms with van der Waals surface area (Å²) in [7, 11) is -2.58. The van der Waals surface area contributed by atoms with Gasteiger partial charge in [-0.05, 0) is 52.9 Å². The standard InChI is InChI=1S/C37H36N4O5S/c1-46-31-18-16-27(17-19-31)25-35(42)40-23-24-41(47(44,45)34-15-7-12-30-13-8-21-38-36(30)34)33(26-40)37(43)39-22-20-29-11-5-6-14-32(29)28-9-3-2-4-10-28/h2-19,21,33H,20,22-26H2,1H3,(H,39,43). The highest BCUT2D eigenvalue weighted by molar-refractivity contribution is 7.89. The smallest absolute Gasteiger partial charge is 0.246 e. The number of piperazine rings is 1. The molecule has 1 atom stereocenters. The van der Waals surface area contributed by atoms with E-state index in [2.05, 4.69) is 10.3 Å². The lowest BCUT2D eigenvalue weighted by Gasteiger charge is -2.39. The van der Waals surface area contributed by atoms with Gasteiger partial charge in [-0.2, -0.15) is 4.31 Å². The molecule has 1 N–H and O–H groups in total. The fourth-order valence-electron chi connectivity index (χ4n) is 6.01. The molecule has 0 spiro atoms. The molecule has 4 aromatic carbocycles. The molecule has 9 nitrogen and oxygen atoms in total. The highest BCUT2D eigenvalue weighted by Crippen LogP contribution is 2.28. The minimum Gasteiger partial charge on any atom is -0.497 e. The number of nitrogens with one attached hydrogen (secondary N) is 1. The second-order valence-corrected chi connectivity index (χ2v) is 13.3. The van der Waals surface area contributed by atoms with Crippen LogP contribution in [0.1, 0.15) is 11.1 Å². The minimum atomic E-state index is -4.16. The monoisotopic (exact) mass is 648 g/mol. The van der Waals surface area contributed by atoms with Gasteiger partial charge in [-0.1, -0.05) is 84.9 Å². The molecule has 47 heavy (non-hydrogen) atoms. The van der Waals surface area contributed by atoms with E-state index in [9.17, 15) is 18.0 Å². The molecule has 1 unspecified atom stereocenters. The zero-order valence-electron chi connectivity index (χ0n) is 26.1. The van der Waals surface area contributed by atoms with Crippen LogP contribution in [0.3, 0.4) is 0 Å². The van der Waals surface area contributed by atoms with Crippen LogP contribution >= 0.6 is 0 Å². The highest BCUT2D eigenvalue weighted by Gasteiger charge is 2.42. The Bertz CT molecular complexity index is 1980. The number of carbonyl (C=O) groups excluding carboxylic acids is 2. The number of para-hydroxylation sites is 1. The number of carbonyl (C=O) groups is 2. The molecule has 1 aliphatic rings. The number of methoxy groups -OCH3 is 1. The van der Waals surface area contributed by atoms with Crippen molar-refractivity contribution in [2.75, 3.05) is 33.3 Å². The number of fused-ring (bicyclic) bond motifs is 1. The number of amides is 2. The lowest BCUT2D eigenvalue weighted by atomic mass is 9.98. The van der Waals surface area contributed by atoms with Crippen LogP contribution in [0.25, 0.3) is 22.0 Å². The van der Waals surface area contributed by atoms with E-state index in [4.69, 9.17) is 4.74 Å². The molecule has 10 heteroatoms. The van der Waals surface area contributed by atoms with Crippen molar-refractivity contribution in [2.24, 2.45) is 0 Å². The van der Waals surface area contributed by atoms with Gasteiger partial charge in [0.05, 0.1) is 19.0 Å². The van der Waals surface area contributed by atoms with E-state index in [1.807, 2.05) is 66.7 Å². The van der Waals surface area contributed by atoms with Crippen LogP contribution < -0.4 is 10.1 Å². The van der Waals surface area contributed by atoms with Gasteiger partial charge in [0.15, 0.2) is 0 Å². The predicted octanol–water partition coefficient (Wildman–Crippen LogP) is 4.71. The van der Waals surface area contributed by atoms with Crippen molar-refractivity contribution in [3.8, 4) is 16.9 Å². The summed E-state index contributed by atoms with van der Waals surface area (Å²) in [5, 5.41) is 3.66. The van der Waals surface area contributed by atoms with E-state index >= 15 is 0 Å². The first kappa shape index (κ1) is 31.9. The predicted molar refractivity (Wildman–Crippen MR) is 181 cm³/mol. The van der Waals surface area contributed by atoms with Crippen molar-refractivity contribution in [3.05, 3.63) is 127 Å². The highest BCUT2D eigenvalue weighted by atomic mass is 32.2. The molecular weight excluding hydrogens is 612 g/mol. The summed E-state index contributed by atoms with van der Waals surface area (Å²) >= 11 is 0. The van der Waals surface area contributed by atoms with Crippen molar-refractivity contribution >= 4 is 32.7 Å². The van der Waals surface area contributed by atoms with Crippen LogP contribution in [0.2, 0.25) is 0 Å². The van der Waals surface area contributed by atoms with Gasteiger partial charge in [-0.3, -0.25) is 14.6 Å². The van der Waals surface area contributed by atoms with E-state index in [1.54, 1.807) is 54.6 Å². The zero-order valence-corrected chi connectivity index (χ0v) is 26.9. The summed E-state index contributed by atoms with van der Waals surface area (Å²) in [6.45, 7) is 0.344. The molecular formula is C37H36N4O5S. The van der Waals surface area contributed by atoms with E-state index in [1.165, 1.54) is 10.4 Å². The number of sulfonamides is 1. The number of pyridine rings is 1. The Balaban J connectivity index is 1.24. The molecule has 0 saturated carbocycles. The van der Waals surface area contributed by atoms with Crippen molar-refractivity contribution < 1.29 is 22.7 Å². The van der Waals surface area contributed by atoms with Crippen LogP contribution in [0, 0.1) is 0 Å². The summed E-state index contributed by atoms with van der Waals surface area (Å²) < 4.78 is 34.9. The summed E-state index contributed by atoms with van der Waals surface area (Å²) in [4.78, 5) is 33.3. The number of benzene rings is 4. The molecule has 1 aromatic heterocycles. The normalized spacial score (nSPS) is 15.3. The number of ether oxygens (including phenoxy) is 1. The summed E-state index contributed by atoms with van der Waals surface area (Å²) in [6.07, 6.45) is 2.22. The van der Waals surface area contributed by atoms with Crippen molar-refractivity contribution in [1.29, 1.82) is 0 Å². The molecule has 240 valence electrons. The third kappa shape index (κ3) is 7.03. The van der Waals surface area contributed by atoms with E-state index < -0.39 is 22.0 Å². The van der Waals surface area contributed by atoms with Crippen LogP contribution in [-0.4, -0.2) is 73.8 Å². The Morgan fingerprint density at radius 1 is 0.872 bits per heavy atom. The average molecular weight is 649 g/mol. The topological polar surface area (TPSA) is 109 Å². The fourth-order valence-corrected chi connectivity index (χ4v) is 7.75. The Hall–Kier alpha value is -5.06. The van der Waals surface area contributed by atoms with E-state index in [0.29, 0.717) is 29.6 Å². The van der Waals surface area contributed by atoms with Crippen LogP contribution in [0.4, 0.5) is 0 Å². The maximum Gasteiger partial charge on any atom is 0.246 e. The minimum absolute atomic E-state index is 0.0307. The van der Waals surface area contributed by atoms with E-state index in [-0.39, 0.29) is 36.9 Å². The first-order valence-corrected chi connectivity index (χ1v) is 17.0. The van der Waals surface area contributed by atoms with Crippen molar-refractivity contribution in [1.82, 2.24) is 19.5 Å². The Labute approximate surface area is 274 Å². The Morgan fingerprint density at radius 2 is 1.62 bits per heavy atom. The second-order valence-electron chi connectivity index (χ2n) is 11.4.